The Morgan fingerprint density at radius 2 is 1.76 bits per heavy atom. The number of nitrogens with zero attached hydrogens (tertiary/aromatic N) is 1. The molecule has 2 aliphatic rings. The lowest BCUT2D eigenvalue weighted by Crippen LogP contribution is -2.39. The second-order valence-corrected chi connectivity index (χ2v) is 5.50. The topological polar surface area (TPSA) is 23.5 Å². The summed E-state index contributed by atoms with van der Waals surface area (Å²) in [5, 5.41) is 9.74. The standard InChI is InChI=1S/C15H21NO/c17-12-15(8-5-9-15)13-6-1-2-7-14(13)16-10-3-4-11-16/h1-2,6-7,17H,3-5,8-12H2. The fourth-order valence-electron chi connectivity index (χ4n) is 3.27. The lowest BCUT2D eigenvalue weighted by Gasteiger charge is -2.43. The molecule has 1 aliphatic heterocycles. The van der Waals surface area contributed by atoms with E-state index in [4.69, 9.17) is 0 Å². The first-order chi connectivity index (χ1) is 8.36. The van der Waals surface area contributed by atoms with Crippen molar-refractivity contribution < 1.29 is 5.11 Å². The van der Waals surface area contributed by atoms with Crippen LogP contribution in [0.3, 0.4) is 0 Å². The van der Waals surface area contributed by atoms with Gasteiger partial charge in [0, 0.05) is 24.2 Å². The number of aliphatic hydroxyl groups is 1. The van der Waals surface area contributed by atoms with Gasteiger partial charge in [0.15, 0.2) is 0 Å². The van der Waals surface area contributed by atoms with Crippen LogP contribution < -0.4 is 4.90 Å². The van der Waals surface area contributed by atoms with Crippen molar-refractivity contribution in [2.24, 2.45) is 0 Å². The van der Waals surface area contributed by atoms with Crippen molar-refractivity contribution in [1.82, 2.24) is 0 Å². The van der Waals surface area contributed by atoms with Crippen LogP contribution in [0.1, 0.15) is 37.7 Å². The Kier molecular flexibility index (Phi) is 2.83. The summed E-state index contributed by atoms with van der Waals surface area (Å²) in [6, 6.07) is 8.70. The number of hydrogen-bond donors (Lipinski definition) is 1. The summed E-state index contributed by atoms with van der Waals surface area (Å²) in [5.74, 6) is 0. The number of aliphatic hydroxyl groups excluding tert-OH is 1. The van der Waals surface area contributed by atoms with Crippen LogP contribution in [0.4, 0.5) is 5.69 Å². The lowest BCUT2D eigenvalue weighted by atomic mass is 9.64. The monoisotopic (exact) mass is 231 g/mol. The van der Waals surface area contributed by atoms with Crippen molar-refractivity contribution in [3.8, 4) is 0 Å². The molecule has 1 aliphatic carbocycles. The second-order valence-electron chi connectivity index (χ2n) is 5.50. The predicted molar refractivity (Wildman–Crippen MR) is 70.5 cm³/mol. The lowest BCUT2D eigenvalue weighted by molar-refractivity contribution is 0.120. The highest BCUT2D eigenvalue weighted by Gasteiger charge is 2.40. The SMILES string of the molecule is OCC1(c2ccccc2N2CCCC2)CCC1. The van der Waals surface area contributed by atoms with Crippen molar-refractivity contribution in [2.75, 3.05) is 24.6 Å². The molecule has 92 valence electrons. The van der Waals surface area contributed by atoms with Crippen LogP contribution >= 0.6 is 0 Å². The van der Waals surface area contributed by atoms with Gasteiger partial charge in [-0.15, -0.1) is 0 Å². The zero-order valence-corrected chi connectivity index (χ0v) is 10.4. The summed E-state index contributed by atoms with van der Waals surface area (Å²) in [6.07, 6.45) is 6.17. The molecule has 0 amide bonds. The van der Waals surface area contributed by atoms with E-state index in [1.807, 2.05) is 0 Å². The van der Waals surface area contributed by atoms with Crippen molar-refractivity contribution in [3.05, 3.63) is 29.8 Å². The summed E-state index contributed by atoms with van der Waals surface area (Å²) in [7, 11) is 0. The van der Waals surface area contributed by atoms with Gasteiger partial charge in [-0.05, 0) is 37.3 Å². The third-order valence-electron chi connectivity index (χ3n) is 4.54. The van der Waals surface area contributed by atoms with Gasteiger partial charge in [-0.25, -0.2) is 0 Å². The van der Waals surface area contributed by atoms with Gasteiger partial charge in [-0.1, -0.05) is 24.6 Å². The van der Waals surface area contributed by atoms with Crippen molar-refractivity contribution >= 4 is 5.69 Å². The van der Waals surface area contributed by atoms with Gasteiger partial charge < -0.3 is 10.0 Å². The summed E-state index contributed by atoms with van der Waals surface area (Å²) < 4.78 is 0. The zero-order chi connectivity index (χ0) is 11.7. The molecule has 1 heterocycles. The molecule has 2 heteroatoms. The van der Waals surface area contributed by atoms with Gasteiger partial charge >= 0.3 is 0 Å². The minimum Gasteiger partial charge on any atom is -0.395 e. The average Bonchev–Trinajstić information content (AvgIpc) is 2.82. The van der Waals surface area contributed by atoms with Gasteiger partial charge in [-0.2, -0.15) is 0 Å². The Bertz CT molecular complexity index is 386. The Morgan fingerprint density at radius 3 is 2.35 bits per heavy atom. The summed E-state index contributed by atoms with van der Waals surface area (Å²) in [6.45, 7) is 2.66. The van der Waals surface area contributed by atoms with E-state index in [-0.39, 0.29) is 5.41 Å². The van der Waals surface area contributed by atoms with E-state index >= 15 is 0 Å². The quantitative estimate of drug-likeness (QED) is 0.864. The largest absolute Gasteiger partial charge is 0.395 e. The summed E-state index contributed by atoms with van der Waals surface area (Å²) in [5.41, 5.74) is 2.83. The normalized spacial score (nSPS) is 22.5. The zero-order valence-electron chi connectivity index (χ0n) is 10.4. The van der Waals surface area contributed by atoms with E-state index in [1.54, 1.807) is 0 Å². The van der Waals surface area contributed by atoms with Crippen molar-refractivity contribution in [3.63, 3.8) is 0 Å². The number of benzene rings is 1. The molecule has 2 fully saturated rings. The highest BCUT2D eigenvalue weighted by molar-refractivity contribution is 5.58. The van der Waals surface area contributed by atoms with E-state index in [1.165, 1.54) is 43.6 Å². The Balaban J connectivity index is 1.98. The van der Waals surface area contributed by atoms with Gasteiger partial charge in [0.1, 0.15) is 0 Å². The van der Waals surface area contributed by atoms with Crippen molar-refractivity contribution in [2.45, 2.75) is 37.5 Å². The third-order valence-corrected chi connectivity index (χ3v) is 4.54. The molecule has 1 aromatic carbocycles. The van der Waals surface area contributed by atoms with Crippen LogP contribution in [0.2, 0.25) is 0 Å². The van der Waals surface area contributed by atoms with Crippen LogP contribution in [-0.2, 0) is 5.41 Å². The summed E-state index contributed by atoms with van der Waals surface area (Å²) >= 11 is 0. The molecule has 1 N–H and O–H groups in total. The maximum absolute atomic E-state index is 9.74. The van der Waals surface area contributed by atoms with Crippen molar-refractivity contribution in [1.29, 1.82) is 0 Å². The van der Waals surface area contributed by atoms with Gasteiger partial charge in [-0.3, -0.25) is 0 Å². The highest BCUT2D eigenvalue weighted by Crippen LogP contribution is 2.47. The number of rotatable bonds is 3. The molecule has 1 aromatic rings. The smallest absolute Gasteiger partial charge is 0.0528 e. The van der Waals surface area contributed by atoms with Crippen LogP contribution in [-0.4, -0.2) is 24.8 Å². The van der Waals surface area contributed by atoms with E-state index < -0.39 is 0 Å². The Labute approximate surface area is 103 Å². The molecule has 3 rings (SSSR count). The maximum atomic E-state index is 9.74. The highest BCUT2D eigenvalue weighted by atomic mass is 16.3. The molecule has 17 heavy (non-hydrogen) atoms. The molecule has 1 saturated carbocycles. The Morgan fingerprint density at radius 1 is 1.06 bits per heavy atom. The number of hydrogen-bond acceptors (Lipinski definition) is 2. The minimum atomic E-state index is 0.0686. The molecule has 0 aromatic heterocycles. The molecule has 1 saturated heterocycles. The van der Waals surface area contributed by atoms with Crippen LogP contribution in [0.25, 0.3) is 0 Å². The van der Waals surface area contributed by atoms with Gasteiger partial charge in [0.25, 0.3) is 0 Å². The van der Waals surface area contributed by atoms with Gasteiger partial charge in [0.05, 0.1) is 6.61 Å². The maximum Gasteiger partial charge on any atom is 0.0528 e. The van der Waals surface area contributed by atoms with E-state index in [9.17, 15) is 5.11 Å². The first-order valence-corrected chi connectivity index (χ1v) is 6.81. The fraction of sp³-hybridized carbons (Fsp3) is 0.600. The number of para-hydroxylation sites is 1. The molecule has 0 spiro atoms. The van der Waals surface area contributed by atoms with E-state index in [2.05, 4.69) is 29.2 Å². The minimum absolute atomic E-state index is 0.0686. The molecule has 0 atom stereocenters. The van der Waals surface area contributed by atoms with Crippen LogP contribution in [0.15, 0.2) is 24.3 Å². The average molecular weight is 231 g/mol. The molecule has 0 unspecified atom stereocenters. The molecular weight excluding hydrogens is 210 g/mol. The van der Waals surface area contributed by atoms with Crippen LogP contribution in [0, 0.1) is 0 Å². The van der Waals surface area contributed by atoms with E-state index in [0.717, 1.165) is 12.8 Å². The fourth-order valence-corrected chi connectivity index (χ4v) is 3.27. The van der Waals surface area contributed by atoms with Gasteiger partial charge in [0.2, 0.25) is 0 Å². The van der Waals surface area contributed by atoms with E-state index in [0.29, 0.717) is 6.61 Å². The van der Waals surface area contributed by atoms with Crippen LogP contribution in [0.5, 0.6) is 0 Å². The summed E-state index contributed by atoms with van der Waals surface area (Å²) in [4.78, 5) is 2.49. The molecule has 2 nitrogen and oxygen atoms in total. The second kappa shape index (κ2) is 4.34. The number of anilines is 1. The first kappa shape index (κ1) is 11.1. The molecule has 0 bridgehead atoms. The first-order valence-electron chi connectivity index (χ1n) is 6.81. The Hall–Kier alpha value is -1.02. The molecular formula is C15H21NO. The molecule has 0 radical (unpaired) electrons. The predicted octanol–water partition coefficient (Wildman–Crippen LogP) is 2.70. The third kappa shape index (κ3) is 1.75.